The summed E-state index contributed by atoms with van der Waals surface area (Å²) in [6.07, 6.45) is 4.85. The Morgan fingerprint density at radius 2 is 2.22 bits per heavy atom. The number of aryl methyl sites for hydroxylation is 3. The average Bonchev–Trinajstić information content (AvgIpc) is 3.09. The Bertz CT molecular complexity index is 1010. The molecule has 9 heteroatoms. The van der Waals surface area contributed by atoms with Crippen molar-refractivity contribution in [3.8, 4) is 5.88 Å². The van der Waals surface area contributed by atoms with Gasteiger partial charge in [-0.05, 0) is 19.4 Å². The maximum Gasteiger partial charge on any atom is 0.290 e. The predicted molar refractivity (Wildman–Crippen MR) is 103 cm³/mol. The molecule has 0 saturated heterocycles. The first-order valence-electron chi connectivity index (χ1n) is 8.85. The van der Waals surface area contributed by atoms with Crippen LogP contribution in [0.2, 0.25) is 0 Å². The molecule has 142 valence electrons. The molecule has 0 spiro atoms. The van der Waals surface area contributed by atoms with E-state index in [4.69, 9.17) is 4.74 Å². The highest BCUT2D eigenvalue weighted by Gasteiger charge is 2.40. The third-order valence-corrected chi connectivity index (χ3v) is 5.53. The lowest BCUT2D eigenvalue weighted by atomic mass is 10.2. The summed E-state index contributed by atoms with van der Waals surface area (Å²) in [5.74, 6) is 1.33. The zero-order chi connectivity index (χ0) is 19.0. The molecule has 4 rings (SSSR count). The van der Waals surface area contributed by atoms with Gasteiger partial charge in [0, 0.05) is 49.3 Å². The van der Waals surface area contributed by atoms with Crippen LogP contribution in [0, 0.1) is 12.8 Å². The average molecular weight is 386 g/mol. The van der Waals surface area contributed by atoms with E-state index >= 15 is 0 Å². The Morgan fingerprint density at radius 1 is 1.37 bits per heavy atom. The van der Waals surface area contributed by atoms with Gasteiger partial charge in [-0.25, -0.2) is 9.67 Å². The molecule has 3 aromatic heterocycles. The molecule has 0 aromatic carbocycles. The van der Waals surface area contributed by atoms with Crippen LogP contribution < -0.4 is 15.6 Å². The lowest BCUT2D eigenvalue weighted by Crippen LogP contribution is -2.24. The number of aromatic nitrogens is 5. The number of thiazole rings is 1. The molecular weight excluding hydrogens is 364 g/mol. The SMILES string of the molecule is Cc1cnc(CNc2cc(OCC3CC3c3ccn(C)n3)nn(C)c2=O)s1. The number of nitrogens with zero attached hydrogens (tertiary/aromatic N) is 5. The number of ether oxygens (including phenoxy) is 1. The molecule has 3 heterocycles. The van der Waals surface area contributed by atoms with Crippen molar-refractivity contribution in [2.75, 3.05) is 11.9 Å². The lowest BCUT2D eigenvalue weighted by Gasteiger charge is -2.10. The standard InChI is InChI=1S/C18H22N6O2S/c1-11-8-20-17(27-11)9-19-15-7-16(22-24(3)18(15)25)26-10-12-6-13(12)14-4-5-23(2)21-14/h4-5,7-8,12-13,19H,6,9-10H2,1-3H3. The second kappa shape index (κ2) is 7.15. The molecule has 1 saturated carbocycles. The van der Waals surface area contributed by atoms with Crippen molar-refractivity contribution in [1.82, 2.24) is 24.5 Å². The van der Waals surface area contributed by atoms with Crippen LogP contribution in [0.1, 0.15) is 27.9 Å². The van der Waals surface area contributed by atoms with E-state index in [1.54, 1.807) is 24.5 Å². The monoisotopic (exact) mass is 386 g/mol. The van der Waals surface area contributed by atoms with E-state index in [2.05, 4.69) is 26.6 Å². The van der Waals surface area contributed by atoms with Crippen molar-refractivity contribution in [3.63, 3.8) is 0 Å². The molecule has 1 aliphatic carbocycles. The van der Waals surface area contributed by atoms with Crippen LogP contribution in [-0.2, 0) is 20.6 Å². The summed E-state index contributed by atoms with van der Waals surface area (Å²) in [5, 5.41) is 12.7. The molecule has 0 radical (unpaired) electrons. The maximum atomic E-state index is 12.3. The van der Waals surface area contributed by atoms with Crippen molar-refractivity contribution in [2.45, 2.75) is 25.8 Å². The quantitative estimate of drug-likeness (QED) is 0.669. The molecule has 1 aliphatic rings. The number of nitrogens with one attached hydrogen (secondary N) is 1. The second-order valence-corrected chi connectivity index (χ2v) is 8.19. The molecular formula is C18H22N6O2S. The fourth-order valence-corrected chi connectivity index (χ4v) is 3.78. The topological polar surface area (TPSA) is 86.9 Å². The summed E-state index contributed by atoms with van der Waals surface area (Å²) >= 11 is 1.61. The largest absolute Gasteiger partial charge is 0.476 e. The third kappa shape index (κ3) is 4.02. The van der Waals surface area contributed by atoms with E-state index in [0.29, 0.717) is 36.6 Å². The van der Waals surface area contributed by atoms with E-state index in [1.165, 1.54) is 4.68 Å². The second-order valence-electron chi connectivity index (χ2n) is 6.87. The summed E-state index contributed by atoms with van der Waals surface area (Å²) in [6, 6.07) is 3.72. The predicted octanol–water partition coefficient (Wildman–Crippen LogP) is 2.07. The Hall–Kier alpha value is -2.68. The normalized spacial score (nSPS) is 18.5. The zero-order valence-corrected chi connectivity index (χ0v) is 16.4. The van der Waals surface area contributed by atoms with Crippen LogP contribution in [-0.4, -0.2) is 31.2 Å². The van der Waals surface area contributed by atoms with Gasteiger partial charge in [-0.3, -0.25) is 9.48 Å². The van der Waals surface area contributed by atoms with Gasteiger partial charge in [0.25, 0.3) is 5.56 Å². The summed E-state index contributed by atoms with van der Waals surface area (Å²) in [6.45, 7) is 3.08. The van der Waals surface area contributed by atoms with Crippen LogP contribution in [0.3, 0.4) is 0 Å². The Labute approximate surface area is 160 Å². The van der Waals surface area contributed by atoms with Crippen LogP contribution >= 0.6 is 11.3 Å². The molecule has 2 unspecified atom stereocenters. The van der Waals surface area contributed by atoms with Gasteiger partial charge in [-0.2, -0.15) is 5.10 Å². The van der Waals surface area contributed by atoms with E-state index in [9.17, 15) is 4.79 Å². The Kier molecular flexibility index (Phi) is 4.69. The van der Waals surface area contributed by atoms with Crippen molar-refractivity contribution < 1.29 is 4.74 Å². The minimum Gasteiger partial charge on any atom is -0.476 e. The van der Waals surface area contributed by atoms with Gasteiger partial charge in [0.15, 0.2) is 0 Å². The Morgan fingerprint density at radius 3 is 2.93 bits per heavy atom. The van der Waals surface area contributed by atoms with Gasteiger partial charge in [0.2, 0.25) is 5.88 Å². The summed E-state index contributed by atoms with van der Waals surface area (Å²) in [5.41, 5.74) is 1.39. The molecule has 1 fully saturated rings. The van der Waals surface area contributed by atoms with Gasteiger partial charge in [-0.1, -0.05) is 0 Å². The molecule has 8 nitrogen and oxygen atoms in total. The fourth-order valence-electron chi connectivity index (χ4n) is 3.05. The summed E-state index contributed by atoms with van der Waals surface area (Å²) < 4.78 is 8.98. The first-order valence-corrected chi connectivity index (χ1v) is 9.67. The van der Waals surface area contributed by atoms with Gasteiger partial charge < -0.3 is 10.1 Å². The fraction of sp³-hybridized carbons (Fsp3) is 0.444. The smallest absolute Gasteiger partial charge is 0.290 e. The lowest BCUT2D eigenvalue weighted by molar-refractivity contribution is 0.278. The third-order valence-electron chi connectivity index (χ3n) is 4.62. The number of rotatable bonds is 7. The van der Waals surface area contributed by atoms with Crippen LogP contribution in [0.25, 0.3) is 0 Å². The number of anilines is 1. The van der Waals surface area contributed by atoms with Crippen molar-refractivity contribution in [1.29, 1.82) is 0 Å². The van der Waals surface area contributed by atoms with E-state index in [0.717, 1.165) is 22.0 Å². The summed E-state index contributed by atoms with van der Waals surface area (Å²) in [4.78, 5) is 17.7. The van der Waals surface area contributed by atoms with Gasteiger partial charge >= 0.3 is 0 Å². The van der Waals surface area contributed by atoms with E-state index in [-0.39, 0.29) is 5.56 Å². The Balaban J connectivity index is 1.38. The van der Waals surface area contributed by atoms with Crippen LogP contribution in [0.15, 0.2) is 29.3 Å². The minimum absolute atomic E-state index is 0.187. The van der Waals surface area contributed by atoms with Crippen molar-refractivity contribution in [3.05, 3.63) is 50.5 Å². The highest BCUT2D eigenvalue weighted by atomic mass is 32.1. The minimum atomic E-state index is -0.187. The highest BCUT2D eigenvalue weighted by Crippen LogP contribution is 2.46. The van der Waals surface area contributed by atoms with Gasteiger partial charge in [0.05, 0.1) is 18.8 Å². The molecule has 0 bridgehead atoms. The van der Waals surface area contributed by atoms with Crippen molar-refractivity contribution in [2.24, 2.45) is 20.0 Å². The van der Waals surface area contributed by atoms with Crippen molar-refractivity contribution >= 4 is 17.0 Å². The first kappa shape index (κ1) is 17.7. The van der Waals surface area contributed by atoms with E-state index in [1.807, 2.05) is 31.0 Å². The summed E-state index contributed by atoms with van der Waals surface area (Å²) in [7, 11) is 3.55. The first-order chi connectivity index (χ1) is 13.0. The highest BCUT2D eigenvalue weighted by molar-refractivity contribution is 7.11. The van der Waals surface area contributed by atoms with Gasteiger partial charge in [0.1, 0.15) is 10.7 Å². The van der Waals surface area contributed by atoms with Crippen LogP contribution in [0.4, 0.5) is 5.69 Å². The molecule has 27 heavy (non-hydrogen) atoms. The molecule has 3 aromatic rings. The van der Waals surface area contributed by atoms with Gasteiger partial charge in [-0.15, -0.1) is 16.4 Å². The number of hydrogen-bond donors (Lipinski definition) is 1. The van der Waals surface area contributed by atoms with E-state index < -0.39 is 0 Å². The zero-order valence-electron chi connectivity index (χ0n) is 15.5. The maximum absolute atomic E-state index is 12.3. The molecule has 0 aliphatic heterocycles. The number of hydrogen-bond acceptors (Lipinski definition) is 7. The van der Waals surface area contributed by atoms with Crippen LogP contribution in [0.5, 0.6) is 5.88 Å². The molecule has 2 atom stereocenters. The molecule has 0 amide bonds. The molecule has 1 N–H and O–H groups in total.